The number of aryl methyl sites for hydroxylation is 1. The van der Waals surface area contributed by atoms with Crippen molar-refractivity contribution in [3.63, 3.8) is 0 Å². The van der Waals surface area contributed by atoms with E-state index in [1.54, 1.807) is 0 Å². The number of ether oxygens (including phenoxy) is 1. The fraction of sp³-hybridized carbons (Fsp3) is 0.0870. The van der Waals surface area contributed by atoms with Crippen LogP contribution in [0.15, 0.2) is 84.9 Å². The molecule has 1 atom stereocenters. The summed E-state index contributed by atoms with van der Waals surface area (Å²) in [4.78, 5) is 0. The number of anilines is 1. The average molecular weight is 388 g/mol. The molecule has 0 saturated carbocycles. The number of para-hydroxylation sites is 1. The molecule has 0 aromatic heterocycles. The van der Waals surface area contributed by atoms with Gasteiger partial charge in [-0.25, -0.2) is 0 Å². The van der Waals surface area contributed by atoms with Crippen LogP contribution < -0.4 is 20.9 Å². The normalized spacial score (nSPS) is 14.9. The third-order valence-electron chi connectivity index (χ3n) is 4.50. The van der Waals surface area contributed by atoms with Gasteiger partial charge < -0.3 is 10.1 Å². The van der Waals surface area contributed by atoms with E-state index in [1.165, 1.54) is 5.56 Å². The van der Waals surface area contributed by atoms with Gasteiger partial charge in [0.2, 0.25) is 0 Å². The summed E-state index contributed by atoms with van der Waals surface area (Å²) in [5.41, 5.74) is 11.5. The molecule has 0 aliphatic carbocycles. The number of hydrogen-bond acceptors (Lipinski definition) is 3. The lowest BCUT2D eigenvalue weighted by atomic mass is 10.0. The van der Waals surface area contributed by atoms with Crippen molar-refractivity contribution >= 4 is 28.7 Å². The molecular weight excluding hydrogens is 366 g/mol. The first kappa shape index (κ1) is 18.1. The van der Waals surface area contributed by atoms with E-state index in [2.05, 4.69) is 41.3 Å². The second-order valence-corrected chi connectivity index (χ2v) is 7.00. The molecule has 0 spiro atoms. The van der Waals surface area contributed by atoms with Crippen molar-refractivity contribution in [1.29, 1.82) is 0 Å². The Morgan fingerprint density at radius 1 is 0.893 bits per heavy atom. The molecule has 0 bridgehead atoms. The van der Waals surface area contributed by atoms with Gasteiger partial charge in [0.15, 0.2) is 5.11 Å². The summed E-state index contributed by atoms with van der Waals surface area (Å²) in [6.07, 6.45) is 1.89. The van der Waals surface area contributed by atoms with Crippen molar-refractivity contribution in [2.24, 2.45) is 0 Å². The number of benzene rings is 3. The lowest BCUT2D eigenvalue weighted by Crippen LogP contribution is -2.39. The van der Waals surface area contributed by atoms with Crippen LogP contribution in [0.2, 0.25) is 0 Å². The highest BCUT2D eigenvalue weighted by Gasteiger charge is 2.21. The third kappa shape index (κ3) is 4.15. The highest BCUT2D eigenvalue weighted by atomic mass is 32.1. The van der Waals surface area contributed by atoms with Gasteiger partial charge in [-0.2, -0.15) is 0 Å². The summed E-state index contributed by atoms with van der Waals surface area (Å²) < 4.78 is 6.17. The zero-order chi connectivity index (χ0) is 19.3. The summed E-state index contributed by atoms with van der Waals surface area (Å²) in [6.45, 7) is 2.06. The molecule has 3 aromatic rings. The maximum absolute atomic E-state index is 6.17. The van der Waals surface area contributed by atoms with Gasteiger partial charge in [0, 0.05) is 11.3 Å². The molecule has 1 aliphatic rings. The quantitative estimate of drug-likeness (QED) is 0.436. The summed E-state index contributed by atoms with van der Waals surface area (Å²) in [6, 6.07) is 26.2. The molecule has 0 amide bonds. The Morgan fingerprint density at radius 2 is 1.61 bits per heavy atom. The van der Waals surface area contributed by atoms with E-state index in [4.69, 9.17) is 17.0 Å². The summed E-state index contributed by atoms with van der Waals surface area (Å²) in [5.74, 6) is 0.834. The minimum absolute atomic E-state index is 0.168. The van der Waals surface area contributed by atoms with Crippen molar-refractivity contribution in [3.8, 4) is 5.75 Å². The van der Waals surface area contributed by atoms with Crippen molar-refractivity contribution in [2.75, 3.05) is 5.32 Å². The van der Waals surface area contributed by atoms with Crippen LogP contribution in [0.4, 0.5) is 5.69 Å². The molecule has 1 aliphatic heterocycles. The van der Waals surface area contributed by atoms with Crippen LogP contribution in [0.5, 0.6) is 5.75 Å². The van der Waals surface area contributed by atoms with Crippen molar-refractivity contribution in [3.05, 3.63) is 102 Å². The predicted molar refractivity (Wildman–Crippen MR) is 118 cm³/mol. The SMILES string of the molecule is Cc1ccc(NC(=S)NNC2=C[C@@H](c3ccccc3)Oc3ccccc32)cc1. The van der Waals surface area contributed by atoms with Gasteiger partial charge in [0.25, 0.3) is 0 Å². The van der Waals surface area contributed by atoms with E-state index in [-0.39, 0.29) is 6.10 Å². The minimum Gasteiger partial charge on any atom is -0.481 e. The predicted octanol–water partition coefficient (Wildman–Crippen LogP) is 4.96. The Balaban J connectivity index is 1.50. The zero-order valence-electron chi connectivity index (χ0n) is 15.5. The van der Waals surface area contributed by atoms with E-state index in [0.717, 1.165) is 28.3 Å². The maximum atomic E-state index is 6.17. The molecule has 1 heterocycles. The monoisotopic (exact) mass is 387 g/mol. The Morgan fingerprint density at radius 3 is 2.39 bits per heavy atom. The zero-order valence-corrected chi connectivity index (χ0v) is 16.3. The molecule has 3 aromatic carbocycles. The van der Waals surface area contributed by atoms with Gasteiger partial charge in [-0.3, -0.25) is 10.9 Å². The van der Waals surface area contributed by atoms with Crippen LogP contribution in [0, 0.1) is 6.92 Å². The number of hydrogen-bond donors (Lipinski definition) is 3. The number of thiocarbonyl (C=S) groups is 1. The number of nitrogens with one attached hydrogen (secondary N) is 3. The van der Waals surface area contributed by atoms with E-state index in [1.807, 2.05) is 66.7 Å². The van der Waals surface area contributed by atoms with Crippen LogP contribution >= 0.6 is 12.2 Å². The second kappa shape index (κ2) is 8.15. The maximum Gasteiger partial charge on any atom is 0.189 e. The Labute approximate surface area is 170 Å². The largest absolute Gasteiger partial charge is 0.481 e. The van der Waals surface area contributed by atoms with E-state index < -0.39 is 0 Å². The topological polar surface area (TPSA) is 45.3 Å². The summed E-state index contributed by atoms with van der Waals surface area (Å²) >= 11 is 5.42. The van der Waals surface area contributed by atoms with E-state index in [0.29, 0.717) is 5.11 Å². The molecule has 4 nitrogen and oxygen atoms in total. The van der Waals surface area contributed by atoms with Crippen LogP contribution in [0.3, 0.4) is 0 Å². The lowest BCUT2D eigenvalue weighted by molar-refractivity contribution is 0.249. The fourth-order valence-electron chi connectivity index (χ4n) is 3.04. The van der Waals surface area contributed by atoms with Crippen molar-refractivity contribution in [2.45, 2.75) is 13.0 Å². The van der Waals surface area contributed by atoms with Gasteiger partial charge in [-0.1, -0.05) is 60.2 Å². The number of rotatable bonds is 4. The minimum atomic E-state index is -0.168. The molecule has 3 N–H and O–H groups in total. The first-order chi connectivity index (χ1) is 13.7. The molecule has 0 saturated heterocycles. The third-order valence-corrected chi connectivity index (χ3v) is 4.70. The molecule has 5 heteroatoms. The Hall–Kier alpha value is -3.31. The molecular formula is C23H21N3OS. The first-order valence-electron chi connectivity index (χ1n) is 9.11. The fourth-order valence-corrected chi connectivity index (χ4v) is 3.21. The second-order valence-electron chi connectivity index (χ2n) is 6.60. The van der Waals surface area contributed by atoms with Gasteiger partial charge in [0.05, 0.1) is 5.70 Å². The lowest BCUT2D eigenvalue weighted by Gasteiger charge is -2.27. The standard InChI is InChI=1S/C23H21N3OS/c1-16-11-13-18(14-12-16)24-23(28)26-25-20-15-22(17-7-3-2-4-8-17)27-21-10-6-5-9-19(20)21/h2-15,22,25H,1H3,(H2,24,26,28)/t22-/m0/s1. The summed E-state index contributed by atoms with van der Waals surface area (Å²) in [5, 5.41) is 3.67. The van der Waals surface area contributed by atoms with Crippen LogP contribution in [0.25, 0.3) is 5.70 Å². The molecule has 28 heavy (non-hydrogen) atoms. The molecule has 0 radical (unpaired) electrons. The van der Waals surface area contributed by atoms with E-state index >= 15 is 0 Å². The van der Waals surface area contributed by atoms with Gasteiger partial charge in [-0.15, -0.1) is 0 Å². The van der Waals surface area contributed by atoms with Gasteiger partial charge in [-0.05, 0) is 55.0 Å². The Bertz CT molecular complexity index is 1000. The smallest absolute Gasteiger partial charge is 0.189 e. The van der Waals surface area contributed by atoms with Crippen LogP contribution in [-0.4, -0.2) is 5.11 Å². The van der Waals surface area contributed by atoms with Crippen molar-refractivity contribution in [1.82, 2.24) is 10.9 Å². The average Bonchev–Trinajstić information content (AvgIpc) is 2.74. The van der Waals surface area contributed by atoms with Crippen LogP contribution in [0.1, 0.15) is 22.8 Å². The number of hydrazine groups is 1. The van der Waals surface area contributed by atoms with Crippen molar-refractivity contribution < 1.29 is 4.74 Å². The van der Waals surface area contributed by atoms with E-state index in [9.17, 15) is 0 Å². The first-order valence-corrected chi connectivity index (χ1v) is 9.52. The van der Waals surface area contributed by atoms with Gasteiger partial charge >= 0.3 is 0 Å². The highest BCUT2D eigenvalue weighted by Crippen LogP contribution is 2.35. The molecule has 4 rings (SSSR count). The summed E-state index contributed by atoms with van der Waals surface area (Å²) in [7, 11) is 0. The molecule has 140 valence electrons. The number of fused-ring (bicyclic) bond motifs is 1. The molecule has 0 unspecified atom stereocenters. The Kier molecular flexibility index (Phi) is 5.26. The van der Waals surface area contributed by atoms with Gasteiger partial charge in [0.1, 0.15) is 11.9 Å². The van der Waals surface area contributed by atoms with Crippen LogP contribution in [-0.2, 0) is 0 Å². The highest BCUT2D eigenvalue weighted by molar-refractivity contribution is 7.80. The molecule has 0 fully saturated rings.